The van der Waals surface area contributed by atoms with Crippen molar-refractivity contribution in [3.8, 4) is 0 Å². The van der Waals surface area contributed by atoms with Crippen LogP contribution in [0.1, 0.15) is 25.3 Å². The maximum Gasteiger partial charge on any atom is 0.317 e. The molecular weight excluding hydrogens is 223 g/mol. The largest absolute Gasteiger partial charge is 0.465 e. The molecule has 0 spiro atoms. The average Bonchev–Trinajstić information content (AvgIpc) is 2.26. The summed E-state index contributed by atoms with van der Waals surface area (Å²) in [5.74, 6) is -0.730. The Hall–Kier alpha value is -1.71. The Morgan fingerprint density at radius 2 is 1.94 bits per heavy atom. The first-order valence-corrected chi connectivity index (χ1v) is 5.53. The standard InChI is InChI=1S/C13H13FO3/c1-2-17-12(16)13(7-11(15)8-13)9-3-5-10(14)6-4-9/h3-6H,2,7-8H2,1H3. The Balaban J connectivity index is 2.32. The van der Waals surface area contributed by atoms with E-state index in [1.807, 2.05) is 0 Å². The van der Waals surface area contributed by atoms with E-state index >= 15 is 0 Å². The molecule has 1 saturated carbocycles. The van der Waals surface area contributed by atoms with Gasteiger partial charge in [-0.1, -0.05) is 12.1 Å². The highest BCUT2D eigenvalue weighted by molar-refractivity contribution is 6.02. The number of esters is 1. The Bertz CT molecular complexity index is 442. The van der Waals surface area contributed by atoms with Crippen LogP contribution in [0.5, 0.6) is 0 Å². The van der Waals surface area contributed by atoms with Gasteiger partial charge in [0.05, 0.1) is 6.61 Å². The van der Waals surface area contributed by atoms with E-state index in [1.165, 1.54) is 12.1 Å². The van der Waals surface area contributed by atoms with E-state index in [-0.39, 0.29) is 31.0 Å². The molecule has 1 fully saturated rings. The second-order valence-electron chi connectivity index (χ2n) is 4.20. The van der Waals surface area contributed by atoms with Crippen molar-refractivity contribution in [2.75, 3.05) is 6.61 Å². The molecule has 0 unspecified atom stereocenters. The van der Waals surface area contributed by atoms with Crippen molar-refractivity contribution in [3.63, 3.8) is 0 Å². The Morgan fingerprint density at radius 3 is 2.41 bits per heavy atom. The molecule has 0 bridgehead atoms. The van der Waals surface area contributed by atoms with E-state index < -0.39 is 11.4 Å². The number of carbonyl (C=O) groups excluding carboxylic acids is 2. The highest BCUT2D eigenvalue weighted by atomic mass is 19.1. The van der Waals surface area contributed by atoms with Gasteiger partial charge < -0.3 is 4.74 Å². The van der Waals surface area contributed by atoms with E-state index in [9.17, 15) is 14.0 Å². The van der Waals surface area contributed by atoms with Gasteiger partial charge in [-0.25, -0.2) is 4.39 Å². The lowest BCUT2D eigenvalue weighted by atomic mass is 9.63. The third kappa shape index (κ3) is 1.95. The van der Waals surface area contributed by atoms with Crippen LogP contribution in [-0.4, -0.2) is 18.4 Å². The minimum absolute atomic E-state index is 0.0300. The zero-order valence-electron chi connectivity index (χ0n) is 9.53. The molecule has 0 saturated heterocycles. The van der Waals surface area contributed by atoms with Crippen LogP contribution in [0, 0.1) is 5.82 Å². The van der Waals surface area contributed by atoms with Crippen LogP contribution < -0.4 is 0 Å². The number of ketones is 1. The molecule has 0 amide bonds. The number of Topliss-reactive ketones (excluding diaryl/α,β-unsaturated/α-hetero) is 1. The molecule has 17 heavy (non-hydrogen) atoms. The SMILES string of the molecule is CCOC(=O)C1(c2ccc(F)cc2)CC(=O)C1. The van der Waals surface area contributed by atoms with Gasteiger partial charge in [0.2, 0.25) is 0 Å². The highest BCUT2D eigenvalue weighted by Gasteiger charge is 2.52. The first kappa shape index (κ1) is 11.8. The minimum Gasteiger partial charge on any atom is -0.465 e. The first-order chi connectivity index (χ1) is 8.08. The zero-order chi connectivity index (χ0) is 12.5. The lowest BCUT2D eigenvalue weighted by Gasteiger charge is -2.38. The van der Waals surface area contributed by atoms with Crippen molar-refractivity contribution in [1.29, 1.82) is 0 Å². The van der Waals surface area contributed by atoms with E-state index in [1.54, 1.807) is 19.1 Å². The number of ether oxygens (including phenoxy) is 1. The summed E-state index contributed by atoms with van der Waals surface area (Å²) in [5.41, 5.74) is -0.238. The molecule has 0 aromatic heterocycles. The number of halogens is 1. The van der Waals surface area contributed by atoms with Crippen molar-refractivity contribution < 1.29 is 18.7 Å². The van der Waals surface area contributed by atoms with Crippen molar-refractivity contribution in [3.05, 3.63) is 35.6 Å². The fourth-order valence-corrected chi connectivity index (χ4v) is 2.13. The minimum atomic E-state index is -0.888. The van der Waals surface area contributed by atoms with Crippen LogP contribution in [0.3, 0.4) is 0 Å². The van der Waals surface area contributed by atoms with Gasteiger partial charge in [-0.2, -0.15) is 0 Å². The topological polar surface area (TPSA) is 43.4 Å². The third-order valence-electron chi connectivity index (χ3n) is 3.06. The number of carbonyl (C=O) groups is 2. The summed E-state index contributed by atoms with van der Waals surface area (Å²) in [6.45, 7) is 1.99. The average molecular weight is 236 g/mol. The predicted molar refractivity (Wildman–Crippen MR) is 59.0 cm³/mol. The molecule has 0 aliphatic heterocycles. The van der Waals surface area contributed by atoms with Crippen LogP contribution >= 0.6 is 0 Å². The van der Waals surface area contributed by atoms with Gasteiger partial charge >= 0.3 is 5.97 Å². The fourth-order valence-electron chi connectivity index (χ4n) is 2.13. The van der Waals surface area contributed by atoms with Crippen molar-refractivity contribution in [2.24, 2.45) is 0 Å². The summed E-state index contributed by atoms with van der Waals surface area (Å²) in [6.07, 6.45) is 0.301. The number of hydrogen-bond donors (Lipinski definition) is 0. The molecular formula is C13H13FO3. The summed E-state index contributed by atoms with van der Waals surface area (Å²) >= 11 is 0. The number of hydrogen-bond acceptors (Lipinski definition) is 3. The lowest BCUT2D eigenvalue weighted by Crippen LogP contribution is -2.49. The molecule has 1 aromatic carbocycles. The summed E-state index contributed by atoms with van der Waals surface area (Å²) in [6, 6.07) is 5.66. The van der Waals surface area contributed by atoms with Gasteiger partial charge in [-0.05, 0) is 24.6 Å². The molecule has 4 heteroatoms. The van der Waals surface area contributed by atoms with Crippen molar-refractivity contribution in [2.45, 2.75) is 25.2 Å². The van der Waals surface area contributed by atoms with E-state index in [0.717, 1.165) is 0 Å². The zero-order valence-corrected chi connectivity index (χ0v) is 9.53. The summed E-state index contributed by atoms with van der Waals surface area (Å²) < 4.78 is 17.8. The van der Waals surface area contributed by atoms with Crippen LogP contribution in [0.15, 0.2) is 24.3 Å². The molecule has 2 rings (SSSR count). The quantitative estimate of drug-likeness (QED) is 0.754. The van der Waals surface area contributed by atoms with Crippen molar-refractivity contribution in [1.82, 2.24) is 0 Å². The number of benzene rings is 1. The normalized spacial score (nSPS) is 17.4. The Morgan fingerprint density at radius 1 is 1.35 bits per heavy atom. The van der Waals surface area contributed by atoms with Crippen molar-refractivity contribution >= 4 is 11.8 Å². The molecule has 0 N–H and O–H groups in total. The fraction of sp³-hybridized carbons (Fsp3) is 0.385. The maximum absolute atomic E-state index is 12.8. The maximum atomic E-state index is 12.8. The Labute approximate surface area is 98.6 Å². The summed E-state index contributed by atoms with van der Waals surface area (Å²) in [4.78, 5) is 23.1. The van der Waals surface area contributed by atoms with E-state index in [4.69, 9.17) is 4.74 Å². The smallest absolute Gasteiger partial charge is 0.317 e. The molecule has 3 nitrogen and oxygen atoms in total. The molecule has 1 aliphatic carbocycles. The first-order valence-electron chi connectivity index (χ1n) is 5.53. The summed E-state index contributed by atoms with van der Waals surface area (Å²) in [5, 5.41) is 0. The van der Waals surface area contributed by atoms with Crippen LogP contribution in [-0.2, 0) is 19.7 Å². The molecule has 90 valence electrons. The van der Waals surface area contributed by atoms with E-state index in [0.29, 0.717) is 5.56 Å². The second-order valence-corrected chi connectivity index (χ2v) is 4.20. The van der Waals surface area contributed by atoms with Gasteiger partial charge in [-0.15, -0.1) is 0 Å². The highest BCUT2D eigenvalue weighted by Crippen LogP contribution is 2.42. The van der Waals surface area contributed by atoms with Gasteiger partial charge in [0.15, 0.2) is 0 Å². The number of rotatable bonds is 3. The van der Waals surface area contributed by atoms with Gasteiger partial charge in [0.1, 0.15) is 17.0 Å². The predicted octanol–water partition coefficient (Wildman–Crippen LogP) is 1.99. The molecule has 0 atom stereocenters. The third-order valence-corrected chi connectivity index (χ3v) is 3.06. The Kier molecular flexibility index (Phi) is 2.96. The monoisotopic (exact) mass is 236 g/mol. The molecule has 1 aromatic rings. The van der Waals surface area contributed by atoms with Crippen LogP contribution in [0.25, 0.3) is 0 Å². The van der Waals surface area contributed by atoms with Gasteiger partial charge in [-0.3, -0.25) is 9.59 Å². The second kappa shape index (κ2) is 4.28. The van der Waals surface area contributed by atoms with Crippen LogP contribution in [0.4, 0.5) is 4.39 Å². The van der Waals surface area contributed by atoms with Crippen LogP contribution in [0.2, 0.25) is 0 Å². The van der Waals surface area contributed by atoms with Gasteiger partial charge in [0.25, 0.3) is 0 Å². The summed E-state index contributed by atoms with van der Waals surface area (Å²) in [7, 11) is 0. The van der Waals surface area contributed by atoms with Gasteiger partial charge in [0, 0.05) is 12.8 Å². The van der Waals surface area contributed by atoms with E-state index in [2.05, 4.69) is 0 Å². The lowest BCUT2D eigenvalue weighted by molar-refractivity contribution is -0.158. The molecule has 0 radical (unpaired) electrons. The molecule has 0 heterocycles. The molecule has 1 aliphatic rings.